The summed E-state index contributed by atoms with van der Waals surface area (Å²) in [5.74, 6) is 1.03. The molecule has 0 unspecified atom stereocenters. The number of hydrogen-bond acceptors (Lipinski definition) is 5. The van der Waals surface area contributed by atoms with Gasteiger partial charge in [0.1, 0.15) is 5.75 Å². The van der Waals surface area contributed by atoms with Crippen molar-refractivity contribution in [2.75, 3.05) is 62.7 Å². The van der Waals surface area contributed by atoms with Crippen molar-refractivity contribution in [1.29, 1.82) is 0 Å². The van der Waals surface area contributed by atoms with Crippen molar-refractivity contribution >= 4 is 23.2 Å². The SMILES string of the molecule is COc1ccc2c(c1)N1CCN(c3ccc(C)cc3)C[C@H]1[C@@H](C(=O)N1CCN(C(C)=O)CC1)C2. The fraction of sp³-hybridized carbons (Fsp3) is 0.481. The second-order valence-electron chi connectivity index (χ2n) is 9.68. The summed E-state index contributed by atoms with van der Waals surface area (Å²) in [7, 11) is 1.70. The Balaban J connectivity index is 1.43. The van der Waals surface area contributed by atoms with E-state index in [0.29, 0.717) is 26.2 Å². The largest absolute Gasteiger partial charge is 0.497 e. The van der Waals surface area contributed by atoms with Crippen LogP contribution in [0.5, 0.6) is 5.75 Å². The van der Waals surface area contributed by atoms with Crippen LogP contribution in [0.25, 0.3) is 0 Å². The number of rotatable bonds is 3. The predicted molar refractivity (Wildman–Crippen MR) is 134 cm³/mol. The van der Waals surface area contributed by atoms with Crippen molar-refractivity contribution in [2.24, 2.45) is 5.92 Å². The number of piperazine rings is 2. The maximum atomic E-state index is 13.9. The molecule has 2 atom stereocenters. The molecule has 0 bridgehead atoms. The van der Waals surface area contributed by atoms with Gasteiger partial charge in [0.25, 0.3) is 0 Å². The highest BCUT2D eigenvalue weighted by atomic mass is 16.5. The lowest BCUT2D eigenvalue weighted by molar-refractivity contribution is -0.142. The van der Waals surface area contributed by atoms with Gasteiger partial charge in [-0.1, -0.05) is 23.8 Å². The minimum Gasteiger partial charge on any atom is -0.497 e. The molecule has 7 heteroatoms. The quantitative estimate of drug-likeness (QED) is 0.702. The van der Waals surface area contributed by atoms with Crippen molar-refractivity contribution in [3.63, 3.8) is 0 Å². The molecule has 2 aromatic carbocycles. The number of ether oxygens (including phenoxy) is 1. The van der Waals surface area contributed by atoms with E-state index in [1.807, 2.05) is 15.9 Å². The van der Waals surface area contributed by atoms with Crippen LogP contribution in [-0.2, 0) is 16.0 Å². The van der Waals surface area contributed by atoms with Crippen molar-refractivity contribution in [2.45, 2.75) is 26.3 Å². The molecule has 7 nitrogen and oxygen atoms in total. The number of methoxy groups -OCH3 is 1. The van der Waals surface area contributed by atoms with Crippen molar-refractivity contribution in [3.05, 3.63) is 53.6 Å². The van der Waals surface area contributed by atoms with Gasteiger partial charge in [0.05, 0.1) is 19.1 Å². The number of carbonyl (C=O) groups is 2. The normalized spacial score (nSPS) is 22.2. The summed E-state index contributed by atoms with van der Waals surface area (Å²) in [4.78, 5) is 34.3. The molecular formula is C27H34N4O3. The molecule has 34 heavy (non-hydrogen) atoms. The molecule has 5 rings (SSSR count). The number of nitrogens with zero attached hydrogens (tertiary/aromatic N) is 4. The van der Waals surface area contributed by atoms with Crippen molar-refractivity contribution in [1.82, 2.24) is 9.80 Å². The standard InChI is InChI=1S/C27H34N4O3/c1-19-4-7-22(8-5-19)30-14-15-31-25-17-23(34-3)9-6-21(25)16-24(26(31)18-30)27(33)29-12-10-28(11-13-29)20(2)32/h4-9,17,24,26H,10-16,18H2,1-3H3/t24-,26-/m0/s1. The van der Waals surface area contributed by atoms with Crippen LogP contribution in [0.3, 0.4) is 0 Å². The molecule has 0 radical (unpaired) electrons. The van der Waals surface area contributed by atoms with E-state index >= 15 is 0 Å². The molecule has 3 heterocycles. The molecule has 0 aliphatic carbocycles. The lowest BCUT2D eigenvalue weighted by Crippen LogP contribution is -2.62. The average Bonchev–Trinajstić information content (AvgIpc) is 2.87. The minimum atomic E-state index is -0.113. The Morgan fingerprint density at radius 1 is 0.912 bits per heavy atom. The highest BCUT2D eigenvalue weighted by Crippen LogP contribution is 2.39. The number of amides is 2. The zero-order chi connectivity index (χ0) is 23.8. The number of fused-ring (bicyclic) bond motifs is 3. The van der Waals surface area contributed by atoms with E-state index in [2.05, 4.69) is 53.1 Å². The Kier molecular flexibility index (Phi) is 6.11. The highest BCUT2D eigenvalue weighted by molar-refractivity contribution is 5.83. The first-order chi connectivity index (χ1) is 16.4. The predicted octanol–water partition coefficient (Wildman–Crippen LogP) is 2.56. The van der Waals surface area contributed by atoms with Gasteiger partial charge in [-0.25, -0.2) is 0 Å². The Bertz CT molecular complexity index is 1060. The maximum absolute atomic E-state index is 13.9. The van der Waals surface area contributed by atoms with Gasteiger partial charge < -0.3 is 24.3 Å². The van der Waals surface area contributed by atoms with Gasteiger partial charge in [-0.05, 0) is 37.1 Å². The van der Waals surface area contributed by atoms with E-state index in [0.717, 1.165) is 31.8 Å². The zero-order valence-electron chi connectivity index (χ0n) is 20.4. The molecular weight excluding hydrogens is 428 g/mol. The third-order valence-corrected chi connectivity index (χ3v) is 7.68. The van der Waals surface area contributed by atoms with E-state index in [9.17, 15) is 9.59 Å². The monoisotopic (exact) mass is 462 g/mol. The van der Waals surface area contributed by atoms with Crippen LogP contribution in [0, 0.1) is 12.8 Å². The lowest BCUT2D eigenvalue weighted by atomic mass is 9.82. The van der Waals surface area contributed by atoms with Gasteiger partial charge in [0, 0.05) is 70.2 Å². The Morgan fingerprint density at radius 3 is 2.29 bits per heavy atom. The van der Waals surface area contributed by atoms with Gasteiger partial charge in [0.15, 0.2) is 0 Å². The van der Waals surface area contributed by atoms with Gasteiger partial charge in [-0.3, -0.25) is 9.59 Å². The summed E-state index contributed by atoms with van der Waals surface area (Å²) in [5.41, 5.74) is 4.86. The van der Waals surface area contributed by atoms with Gasteiger partial charge >= 0.3 is 0 Å². The maximum Gasteiger partial charge on any atom is 0.228 e. The highest BCUT2D eigenvalue weighted by Gasteiger charge is 2.43. The molecule has 2 saturated heterocycles. The number of anilines is 2. The van der Waals surface area contributed by atoms with Gasteiger partial charge in [0.2, 0.25) is 11.8 Å². The first-order valence-electron chi connectivity index (χ1n) is 12.2. The van der Waals surface area contributed by atoms with Gasteiger partial charge in [-0.15, -0.1) is 0 Å². The topological polar surface area (TPSA) is 56.3 Å². The summed E-state index contributed by atoms with van der Waals surface area (Å²) >= 11 is 0. The molecule has 2 fully saturated rings. The van der Waals surface area contributed by atoms with Crippen molar-refractivity contribution < 1.29 is 14.3 Å². The van der Waals surface area contributed by atoms with E-state index in [1.54, 1.807) is 14.0 Å². The molecule has 0 aromatic heterocycles. The van der Waals surface area contributed by atoms with Crippen LogP contribution < -0.4 is 14.5 Å². The fourth-order valence-electron chi connectivity index (χ4n) is 5.66. The van der Waals surface area contributed by atoms with Crippen LogP contribution >= 0.6 is 0 Å². The van der Waals surface area contributed by atoms with Crippen molar-refractivity contribution in [3.8, 4) is 5.75 Å². The summed E-state index contributed by atoms with van der Waals surface area (Å²) in [6.45, 7) is 8.74. The number of benzene rings is 2. The van der Waals surface area contributed by atoms with Gasteiger partial charge in [-0.2, -0.15) is 0 Å². The van der Waals surface area contributed by atoms with Crippen LogP contribution in [0.4, 0.5) is 11.4 Å². The first-order valence-corrected chi connectivity index (χ1v) is 12.2. The number of carbonyl (C=O) groups excluding carboxylic acids is 2. The molecule has 0 N–H and O–H groups in total. The van der Waals surface area contributed by atoms with E-state index in [1.165, 1.54) is 22.5 Å². The first kappa shape index (κ1) is 22.6. The number of hydrogen-bond donors (Lipinski definition) is 0. The smallest absolute Gasteiger partial charge is 0.228 e. The molecule has 180 valence electrons. The summed E-state index contributed by atoms with van der Waals surface area (Å²) < 4.78 is 5.52. The minimum absolute atomic E-state index is 0.0832. The molecule has 0 saturated carbocycles. The molecule has 3 aliphatic rings. The number of aryl methyl sites for hydroxylation is 1. The second kappa shape index (κ2) is 9.20. The lowest BCUT2D eigenvalue weighted by Gasteiger charge is -2.50. The summed E-state index contributed by atoms with van der Waals surface area (Å²) in [5, 5.41) is 0. The third-order valence-electron chi connectivity index (χ3n) is 7.68. The van der Waals surface area contributed by atoms with Crippen LogP contribution in [0.2, 0.25) is 0 Å². The van der Waals surface area contributed by atoms with Crippen LogP contribution in [-0.4, -0.2) is 80.6 Å². The molecule has 0 spiro atoms. The Hall–Kier alpha value is -3.22. The second-order valence-corrected chi connectivity index (χ2v) is 9.68. The average molecular weight is 463 g/mol. The summed E-state index contributed by atoms with van der Waals surface area (Å²) in [6.07, 6.45) is 0.730. The molecule has 3 aliphatic heterocycles. The zero-order valence-corrected chi connectivity index (χ0v) is 20.4. The summed E-state index contributed by atoms with van der Waals surface area (Å²) in [6, 6.07) is 15.0. The third kappa shape index (κ3) is 4.19. The Morgan fingerprint density at radius 2 is 1.62 bits per heavy atom. The van der Waals surface area contributed by atoms with E-state index < -0.39 is 0 Å². The Labute approximate surface area is 201 Å². The van der Waals surface area contributed by atoms with E-state index in [-0.39, 0.29) is 23.8 Å². The molecule has 2 aromatic rings. The molecule has 2 amide bonds. The van der Waals surface area contributed by atoms with E-state index in [4.69, 9.17) is 4.74 Å². The van der Waals surface area contributed by atoms with Crippen LogP contribution in [0.1, 0.15) is 18.1 Å². The fourth-order valence-corrected chi connectivity index (χ4v) is 5.66. The van der Waals surface area contributed by atoms with Crippen LogP contribution in [0.15, 0.2) is 42.5 Å².